The Balaban J connectivity index is 1.96. The van der Waals surface area contributed by atoms with E-state index in [1.165, 1.54) is 11.8 Å². The Kier molecular flexibility index (Phi) is 5.45. The van der Waals surface area contributed by atoms with Crippen LogP contribution in [0.3, 0.4) is 0 Å². The van der Waals surface area contributed by atoms with Gasteiger partial charge in [0.05, 0.1) is 11.8 Å². The molecule has 0 fully saturated rings. The van der Waals surface area contributed by atoms with E-state index in [-0.39, 0.29) is 11.8 Å². The SMILES string of the molecule is C[C@@H](c1ccccc1)n1c(Cc2cccnc2)nnc1SCC(=O)O. The van der Waals surface area contributed by atoms with Crippen LogP contribution in [0, 0.1) is 0 Å². The zero-order chi connectivity index (χ0) is 17.6. The topological polar surface area (TPSA) is 80.9 Å². The highest BCUT2D eigenvalue weighted by Gasteiger charge is 2.20. The standard InChI is InChI=1S/C18H18N4O2S/c1-13(15-7-3-2-4-8-15)22-16(10-14-6-5-9-19-11-14)20-21-18(22)25-12-17(23)24/h2-9,11,13H,10,12H2,1H3,(H,23,24)/t13-/m0/s1. The smallest absolute Gasteiger partial charge is 0.313 e. The van der Waals surface area contributed by atoms with E-state index in [4.69, 9.17) is 5.11 Å². The molecule has 0 amide bonds. The van der Waals surface area contributed by atoms with Crippen LogP contribution in [0.15, 0.2) is 60.0 Å². The van der Waals surface area contributed by atoms with Crippen molar-refractivity contribution in [3.05, 3.63) is 71.8 Å². The number of hydrogen-bond acceptors (Lipinski definition) is 5. The third-order valence-corrected chi connectivity index (χ3v) is 4.74. The molecule has 0 radical (unpaired) electrons. The summed E-state index contributed by atoms with van der Waals surface area (Å²) in [5.74, 6) is -0.134. The molecule has 1 N–H and O–H groups in total. The number of aliphatic carboxylic acids is 1. The van der Waals surface area contributed by atoms with Gasteiger partial charge >= 0.3 is 5.97 Å². The van der Waals surface area contributed by atoms with Crippen LogP contribution in [0.25, 0.3) is 0 Å². The Morgan fingerprint density at radius 2 is 2.00 bits per heavy atom. The molecule has 3 aromatic rings. The van der Waals surface area contributed by atoms with E-state index >= 15 is 0 Å². The average molecular weight is 354 g/mol. The number of pyridine rings is 1. The molecule has 7 heteroatoms. The number of hydrogen-bond donors (Lipinski definition) is 1. The molecule has 0 spiro atoms. The fraction of sp³-hybridized carbons (Fsp3) is 0.222. The highest BCUT2D eigenvalue weighted by Crippen LogP contribution is 2.27. The van der Waals surface area contributed by atoms with Gasteiger partial charge in [-0.1, -0.05) is 48.2 Å². The number of nitrogens with zero attached hydrogens (tertiary/aromatic N) is 4. The second kappa shape index (κ2) is 7.94. The molecule has 1 atom stereocenters. The Bertz CT molecular complexity index is 837. The van der Waals surface area contributed by atoms with E-state index < -0.39 is 5.97 Å². The van der Waals surface area contributed by atoms with Crippen molar-refractivity contribution in [2.24, 2.45) is 0 Å². The predicted molar refractivity (Wildman–Crippen MR) is 95.7 cm³/mol. The lowest BCUT2D eigenvalue weighted by Crippen LogP contribution is -2.13. The maximum atomic E-state index is 10.9. The monoisotopic (exact) mass is 354 g/mol. The van der Waals surface area contributed by atoms with Crippen LogP contribution in [-0.4, -0.2) is 36.6 Å². The lowest BCUT2D eigenvalue weighted by molar-refractivity contribution is -0.133. The van der Waals surface area contributed by atoms with Gasteiger partial charge < -0.3 is 5.11 Å². The third-order valence-electron chi connectivity index (χ3n) is 3.81. The molecule has 3 rings (SSSR count). The lowest BCUT2D eigenvalue weighted by atomic mass is 10.1. The maximum absolute atomic E-state index is 10.9. The summed E-state index contributed by atoms with van der Waals surface area (Å²) in [4.78, 5) is 15.1. The summed E-state index contributed by atoms with van der Waals surface area (Å²) in [7, 11) is 0. The fourth-order valence-electron chi connectivity index (χ4n) is 2.61. The van der Waals surface area contributed by atoms with E-state index in [0.717, 1.165) is 17.0 Å². The molecular formula is C18H18N4O2S. The molecule has 0 saturated heterocycles. The summed E-state index contributed by atoms with van der Waals surface area (Å²) in [6.45, 7) is 2.07. The van der Waals surface area contributed by atoms with Gasteiger partial charge in [-0.15, -0.1) is 10.2 Å². The molecule has 0 aliphatic rings. The first-order valence-corrected chi connectivity index (χ1v) is 8.86. The number of aromatic nitrogens is 4. The maximum Gasteiger partial charge on any atom is 0.313 e. The van der Waals surface area contributed by atoms with Crippen LogP contribution >= 0.6 is 11.8 Å². The van der Waals surface area contributed by atoms with Gasteiger partial charge in [-0.2, -0.15) is 0 Å². The molecule has 0 saturated carbocycles. The van der Waals surface area contributed by atoms with E-state index in [0.29, 0.717) is 11.6 Å². The summed E-state index contributed by atoms with van der Waals surface area (Å²) in [5.41, 5.74) is 2.15. The number of rotatable bonds is 7. The van der Waals surface area contributed by atoms with Crippen LogP contribution in [0.2, 0.25) is 0 Å². The first-order valence-electron chi connectivity index (χ1n) is 7.87. The Hall–Kier alpha value is -2.67. The minimum atomic E-state index is -0.874. The molecule has 2 aromatic heterocycles. The molecule has 0 aliphatic heterocycles. The molecule has 6 nitrogen and oxygen atoms in total. The Morgan fingerprint density at radius 3 is 2.68 bits per heavy atom. The van der Waals surface area contributed by atoms with Crippen LogP contribution in [0.4, 0.5) is 0 Å². The second-order valence-corrected chi connectivity index (χ2v) is 6.52. The van der Waals surface area contributed by atoms with Crippen molar-refractivity contribution in [2.45, 2.75) is 24.5 Å². The van der Waals surface area contributed by atoms with E-state index in [2.05, 4.69) is 22.1 Å². The Morgan fingerprint density at radius 1 is 1.20 bits per heavy atom. The molecule has 0 aliphatic carbocycles. The van der Waals surface area contributed by atoms with Crippen LogP contribution in [-0.2, 0) is 11.2 Å². The molecular weight excluding hydrogens is 336 g/mol. The van der Waals surface area contributed by atoms with Gasteiger partial charge in [-0.25, -0.2) is 0 Å². The molecule has 128 valence electrons. The van der Waals surface area contributed by atoms with Crippen molar-refractivity contribution in [1.29, 1.82) is 0 Å². The zero-order valence-electron chi connectivity index (χ0n) is 13.7. The minimum absolute atomic E-state index is 0.000772. The Labute approximate surface area is 149 Å². The van der Waals surface area contributed by atoms with Gasteiger partial charge in [0, 0.05) is 18.8 Å². The summed E-state index contributed by atoms with van der Waals surface area (Å²) in [5, 5.41) is 18.1. The first-order chi connectivity index (χ1) is 12.1. The highest BCUT2D eigenvalue weighted by molar-refractivity contribution is 7.99. The zero-order valence-corrected chi connectivity index (χ0v) is 14.6. The van der Waals surface area contributed by atoms with Crippen LogP contribution in [0.5, 0.6) is 0 Å². The van der Waals surface area contributed by atoms with Crippen LogP contribution in [0.1, 0.15) is 29.9 Å². The molecule has 1 aromatic carbocycles. The van der Waals surface area contributed by atoms with E-state index in [1.807, 2.05) is 47.0 Å². The summed E-state index contributed by atoms with van der Waals surface area (Å²) in [6, 6.07) is 13.9. The van der Waals surface area contributed by atoms with Crippen molar-refractivity contribution in [1.82, 2.24) is 19.7 Å². The second-order valence-electron chi connectivity index (χ2n) is 5.58. The van der Waals surface area contributed by atoms with Crippen molar-refractivity contribution in [3.63, 3.8) is 0 Å². The number of benzene rings is 1. The van der Waals surface area contributed by atoms with Gasteiger partial charge in [0.1, 0.15) is 5.82 Å². The molecule has 2 heterocycles. The van der Waals surface area contributed by atoms with Crippen LogP contribution < -0.4 is 0 Å². The van der Waals surface area contributed by atoms with E-state index in [1.54, 1.807) is 12.4 Å². The lowest BCUT2D eigenvalue weighted by Gasteiger charge is -2.18. The number of carboxylic acids is 1. The minimum Gasteiger partial charge on any atom is -0.481 e. The van der Waals surface area contributed by atoms with Crippen molar-refractivity contribution < 1.29 is 9.90 Å². The van der Waals surface area contributed by atoms with Crippen molar-refractivity contribution in [2.75, 3.05) is 5.75 Å². The molecule has 0 bridgehead atoms. The number of carbonyl (C=O) groups is 1. The predicted octanol–water partition coefficient (Wildman–Crippen LogP) is 3.05. The number of carboxylic acid groups (broad SMARTS) is 1. The van der Waals surface area contributed by atoms with Gasteiger partial charge in [0.2, 0.25) is 0 Å². The average Bonchev–Trinajstić information content (AvgIpc) is 3.03. The van der Waals surface area contributed by atoms with Gasteiger partial charge in [0.25, 0.3) is 0 Å². The van der Waals surface area contributed by atoms with E-state index in [9.17, 15) is 4.79 Å². The summed E-state index contributed by atoms with van der Waals surface area (Å²) < 4.78 is 2.01. The summed E-state index contributed by atoms with van der Waals surface area (Å²) >= 11 is 1.18. The van der Waals surface area contributed by atoms with Gasteiger partial charge in [-0.05, 0) is 24.1 Å². The third kappa shape index (κ3) is 4.24. The number of thioether (sulfide) groups is 1. The highest BCUT2D eigenvalue weighted by atomic mass is 32.2. The van der Waals surface area contributed by atoms with Crippen molar-refractivity contribution in [3.8, 4) is 0 Å². The van der Waals surface area contributed by atoms with Gasteiger partial charge in [0.15, 0.2) is 5.16 Å². The van der Waals surface area contributed by atoms with Gasteiger partial charge in [-0.3, -0.25) is 14.3 Å². The quantitative estimate of drug-likeness (QED) is 0.657. The fourth-order valence-corrected chi connectivity index (χ4v) is 3.36. The van der Waals surface area contributed by atoms with Crippen molar-refractivity contribution >= 4 is 17.7 Å². The first kappa shape index (κ1) is 17.2. The molecule has 25 heavy (non-hydrogen) atoms. The normalized spacial score (nSPS) is 12.0. The largest absolute Gasteiger partial charge is 0.481 e. The summed E-state index contributed by atoms with van der Waals surface area (Å²) in [6.07, 6.45) is 4.12. The molecule has 0 unspecified atom stereocenters.